The molecule has 0 N–H and O–H groups in total. The summed E-state index contributed by atoms with van der Waals surface area (Å²) < 4.78 is 0. The van der Waals surface area contributed by atoms with Crippen LogP contribution in [0, 0.1) is 6.92 Å². The molecule has 1 heterocycles. The predicted octanol–water partition coefficient (Wildman–Crippen LogP) is 2.63. The minimum absolute atomic E-state index is 0.284. The number of hydrogen-bond acceptors (Lipinski definition) is 0. The van der Waals surface area contributed by atoms with E-state index in [1.807, 2.05) is 0 Å². The van der Waals surface area contributed by atoms with Gasteiger partial charge in [0.05, 0.1) is 0 Å². The molecular formula is C10H15B. The van der Waals surface area contributed by atoms with Gasteiger partial charge in [0.25, 0.3) is 0 Å². The Labute approximate surface area is 69.9 Å². The molecule has 1 heteroatoms. The third-order valence-electron chi connectivity index (χ3n) is 1.88. The van der Waals surface area contributed by atoms with Gasteiger partial charge >= 0.3 is 69.1 Å². The molecule has 0 amide bonds. The molecule has 1 aromatic heterocycles. The van der Waals surface area contributed by atoms with Crippen LogP contribution in [0.15, 0.2) is 18.0 Å². The summed E-state index contributed by atoms with van der Waals surface area (Å²) in [5.74, 6) is 4.32. The van der Waals surface area contributed by atoms with E-state index in [4.69, 9.17) is 0 Å². The van der Waals surface area contributed by atoms with Crippen LogP contribution >= 0.6 is 0 Å². The normalized spacial score (nSPS) is 11.3. The quantitative estimate of drug-likeness (QED) is 0.527. The van der Waals surface area contributed by atoms with Crippen molar-refractivity contribution >= 4 is 6.91 Å². The Morgan fingerprint density at radius 1 is 1.18 bits per heavy atom. The van der Waals surface area contributed by atoms with Crippen LogP contribution in [0.4, 0.5) is 0 Å². The van der Waals surface area contributed by atoms with Crippen molar-refractivity contribution in [1.29, 1.82) is 0 Å². The van der Waals surface area contributed by atoms with Gasteiger partial charge < -0.3 is 0 Å². The Bertz CT molecular complexity index is 245. The first-order chi connectivity index (χ1) is 5.00. The Kier molecular flexibility index (Phi) is 2.17. The molecule has 0 spiro atoms. The summed E-state index contributed by atoms with van der Waals surface area (Å²) in [5.41, 5.74) is 3.04. The molecule has 0 aliphatic carbocycles. The van der Waals surface area contributed by atoms with Gasteiger partial charge in [-0.05, 0) is 0 Å². The number of rotatable bonds is 0. The zero-order chi connectivity index (χ0) is 8.48. The molecule has 0 aliphatic rings. The van der Waals surface area contributed by atoms with Crippen molar-refractivity contribution in [2.24, 2.45) is 0 Å². The van der Waals surface area contributed by atoms with Crippen LogP contribution in [0.3, 0.4) is 0 Å². The molecular weight excluding hydrogens is 131 g/mol. The van der Waals surface area contributed by atoms with Crippen LogP contribution in [0.2, 0.25) is 0 Å². The maximum atomic E-state index is 2.25. The van der Waals surface area contributed by atoms with Crippen molar-refractivity contribution in [2.75, 3.05) is 0 Å². The first-order valence-corrected chi connectivity index (χ1v) is 4.07. The standard InChI is InChI=1S/C10H15B/c1-8-5-9(7-11-6-8)10(2,3)4/h5-7H,1-4H3. The van der Waals surface area contributed by atoms with Gasteiger partial charge in [-0.3, -0.25) is 0 Å². The van der Waals surface area contributed by atoms with Gasteiger partial charge in [0, 0.05) is 0 Å². The van der Waals surface area contributed by atoms with Crippen LogP contribution in [0.25, 0.3) is 0 Å². The molecule has 1 rings (SSSR count). The van der Waals surface area contributed by atoms with Crippen molar-refractivity contribution in [1.82, 2.24) is 0 Å². The molecule has 0 nitrogen and oxygen atoms in total. The molecule has 58 valence electrons. The van der Waals surface area contributed by atoms with Crippen LogP contribution in [0.1, 0.15) is 31.9 Å². The van der Waals surface area contributed by atoms with E-state index in [-0.39, 0.29) is 5.41 Å². The van der Waals surface area contributed by atoms with E-state index < -0.39 is 0 Å². The average Bonchev–Trinajstić information content (AvgIpc) is 1.86. The summed E-state index contributed by atoms with van der Waals surface area (Å²) in [7, 11) is 0. The Morgan fingerprint density at radius 3 is 2.18 bits per heavy atom. The van der Waals surface area contributed by atoms with E-state index in [9.17, 15) is 0 Å². The molecule has 0 radical (unpaired) electrons. The van der Waals surface area contributed by atoms with E-state index >= 15 is 0 Å². The van der Waals surface area contributed by atoms with Crippen LogP contribution in [0.5, 0.6) is 0 Å². The van der Waals surface area contributed by atoms with E-state index in [1.54, 1.807) is 0 Å². The second kappa shape index (κ2) is 2.81. The molecule has 1 aromatic rings. The van der Waals surface area contributed by atoms with E-state index in [2.05, 4.69) is 52.6 Å². The third kappa shape index (κ3) is 2.18. The molecule has 0 unspecified atom stereocenters. The number of hydrogen-bond donors (Lipinski definition) is 0. The Balaban J connectivity index is 3.06. The summed E-state index contributed by atoms with van der Waals surface area (Å²) in [5, 5.41) is 0. The molecule has 0 bridgehead atoms. The average molecular weight is 146 g/mol. The van der Waals surface area contributed by atoms with Gasteiger partial charge in [-0.25, -0.2) is 0 Å². The topological polar surface area (TPSA) is 0 Å². The van der Waals surface area contributed by atoms with Gasteiger partial charge in [-0.2, -0.15) is 0 Å². The molecule has 11 heavy (non-hydrogen) atoms. The van der Waals surface area contributed by atoms with Crippen LogP contribution in [-0.4, -0.2) is 6.91 Å². The fourth-order valence-electron chi connectivity index (χ4n) is 1.11. The molecule has 0 saturated carbocycles. The Morgan fingerprint density at radius 2 is 1.82 bits per heavy atom. The van der Waals surface area contributed by atoms with E-state index in [0.29, 0.717) is 0 Å². The Hall–Kier alpha value is -0.585. The van der Waals surface area contributed by atoms with Crippen LogP contribution in [-0.2, 0) is 5.41 Å². The van der Waals surface area contributed by atoms with Gasteiger partial charge in [0.1, 0.15) is 0 Å². The van der Waals surface area contributed by atoms with Crippen molar-refractivity contribution in [2.45, 2.75) is 33.1 Å². The van der Waals surface area contributed by atoms with Crippen molar-refractivity contribution in [3.8, 4) is 0 Å². The molecule has 0 saturated heterocycles. The van der Waals surface area contributed by atoms with Gasteiger partial charge in [-0.15, -0.1) is 0 Å². The third-order valence-corrected chi connectivity index (χ3v) is 1.88. The minimum atomic E-state index is 0.284. The van der Waals surface area contributed by atoms with E-state index in [0.717, 1.165) is 0 Å². The monoisotopic (exact) mass is 146 g/mol. The van der Waals surface area contributed by atoms with Gasteiger partial charge in [0.15, 0.2) is 0 Å². The summed E-state index contributed by atoms with van der Waals surface area (Å²) in [6, 6.07) is 2.25. The zero-order valence-electron chi connectivity index (χ0n) is 7.81. The second-order valence-electron chi connectivity index (χ2n) is 4.12. The summed E-state index contributed by atoms with van der Waals surface area (Å²) in [6.45, 7) is 11.0. The maximum absolute atomic E-state index is 2.25. The fourth-order valence-corrected chi connectivity index (χ4v) is 1.11. The molecule has 0 aromatic carbocycles. The second-order valence-corrected chi connectivity index (χ2v) is 4.12. The fraction of sp³-hybridized carbons (Fsp3) is 0.500. The first-order valence-electron chi connectivity index (χ1n) is 4.07. The van der Waals surface area contributed by atoms with Crippen molar-refractivity contribution < 1.29 is 0 Å². The summed E-state index contributed by atoms with van der Waals surface area (Å²) in [6.07, 6.45) is 0. The van der Waals surface area contributed by atoms with Crippen molar-refractivity contribution in [3.05, 3.63) is 29.1 Å². The predicted molar refractivity (Wildman–Crippen MR) is 51.2 cm³/mol. The summed E-state index contributed by atoms with van der Waals surface area (Å²) >= 11 is 0. The summed E-state index contributed by atoms with van der Waals surface area (Å²) in [4.78, 5) is 0. The molecule has 0 fully saturated rings. The van der Waals surface area contributed by atoms with Crippen LogP contribution < -0.4 is 0 Å². The van der Waals surface area contributed by atoms with Crippen molar-refractivity contribution in [3.63, 3.8) is 0 Å². The van der Waals surface area contributed by atoms with Gasteiger partial charge in [-0.1, -0.05) is 0 Å². The molecule has 0 atom stereocenters. The SMILES string of the molecule is Cc1cbcc(C(C)(C)C)c1. The molecule has 0 aliphatic heterocycles. The first kappa shape index (κ1) is 8.51. The van der Waals surface area contributed by atoms with E-state index in [1.165, 1.54) is 11.1 Å². The van der Waals surface area contributed by atoms with Gasteiger partial charge in [0.2, 0.25) is 0 Å². The number of aryl methyl sites for hydroxylation is 1. The zero-order valence-corrected chi connectivity index (χ0v) is 7.81.